The van der Waals surface area contributed by atoms with Crippen LogP contribution in [0.5, 0.6) is 11.5 Å². The predicted octanol–water partition coefficient (Wildman–Crippen LogP) is 1.17. The number of hydrogen-bond acceptors (Lipinski definition) is 4. The summed E-state index contributed by atoms with van der Waals surface area (Å²) < 4.78 is 63.9. The van der Waals surface area contributed by atoms with Crippen molar-refractivity contribution < 1.29 is 30.5 Å². The van der Waals surface area contributed by atoms with Gasteiger partial charge in [0.1, 0.15) is 11.5 Å². The van der Waals surface area contributed by atoms with Gasteiger partial charge in [-0.2, -0.15) is 13.6 Å². The Morgan fingerprint density at radius 3 is 1.88 bits per heavy atom. The van der Waals surface area contributed by atoms with E-state index in [9.17, 15) is 21.6 Å². The fraction of sp³-hybridized carbons (Fsp3) is 0.143. The lowest BCUT2D eigenvalue weighted by Crippen LogP contribution is -2.19. The summed E-state index contributed by atoms with van der Waals surface area (Å²) >= 11 is 0. The molecule has 0 aliphatic carbocycles. The van der Waals surface area contributed by atoms with Crippen molar-refractivity contribution in [1.29, 1.82) is 0 Å². The highest BCUT2D eigenvalue weighted by atomic mass is 32.2. The van der Waals surface area contributed by atoms with Crippen molar-refractivity contribution >= 4 is 10.3 Å². The van der Waals surface area contributed by atoms with Crippen LogP contribution < -0.4 is 14.1 Å². The van der Waals surface area contributed by atoms with Gasteiger partial charge in [-0.3, -0.25) is 0 Å². The summed E-state index contributed by atoms with van der Waals surface area (Å²) in [5.74, 6) is -0.703. The zero-order chi connectivity index (χ0) is 12.4. The average molecular weight is 257 g/mol. The Morgan fingerprint density at radius 1 is 1.06 bits per heavy atom. The van der Waals surface area contributed by atoms with Crippen molar-refractivity contribution in [3.8, 4) is 11.5 Å². The highest BCUT2D eigenvalue weighted by Crippen LogP contribution is 2.24. The van der Waals surface area contributed by atoms with Gasteiger partial charge in [0.15, 0.2) is 0 Å². The van der Waals surface area contributed by atoms with Crippen molar-refractivity contribution in [3.63, 3.8) is 0 Å². The fourth-order valence-corrected chi connectivity index (χ4v) is 1.21. The summed E-state index contributed by atoms with van der Waals surface area (Å²) in [6.45, 7) is 0. The van der Waals surface area contributed by atoms with E-state index < -0.39 is 22.4 Å². The molecular formula is C7H6F3NO4S. The number of ether oxygens (including phenoxy) is 1. The summed E-state index contributed by atoms with van der Waals surface area (Å²) in [7, 11) is -4.19. The van der Waals surface area contributed by atoms with E-state index in [4.69, 9.17) is 0 Å². The van der Waals surface area contributed by atoms with Crippen LogP contribution in [-0.4, -0.2) is 14.8 Å². The standard InChI is InChI=1S/C7H6F3NO4S/c8-7(9,10)14-5-1-3-6(4-2-5)15-16(11,12)13/h1-4H,(H2,11,12,13). The molecule has 1 aromatic rings. The molecule has 90 valence electrons. The summed E-state index contributed by atoms with van der Waals surface area (Å²) in [4.78, 5) is 0. The lowest BCUT2D eigenvalue weighted by Gasteiger charge is -2.09. The maximum atomic E-state index is 11.7. The minimum Gasteiger partial charge on any atom is -0.406 e. The van der Waals surface area contributed by atoms with Crippen LogP contribution in [0, 0.1) is 0 Å². The highest BCUT2D eigenvalue weighted by Gasteiger charge is 2.30. The van der Waals surface area contributed by atoms with Gasteiger partial charge >= 0.3 is 16.7 Å². The van der Waals surface area contributed by atoms with Crippen LogP contribution in [0.3, 0.4) is 0 Å². The molecule has 0 fully saturated rings. The quantitative estimate of drug-likeness (QED) is 0.881. The van der Waals surface area contributed by atoms with Gasteiger partial charge in [0.2, 0.25) is 0 Å². The van der Waals surface area contributed by atoms with Crippen molar-refractivity contribution in [2.45, 2.75) is 6.36 Å². The summed E-state index contributed by atoms with van der Waals surface area (Å²) in [6.07, 6.45) is -4.80. The molecule has 5 nitrogen and oxygen atoms in total. The van der Waals surface area contributed by atoms with Crippen LogP contribution in [0.4, 0.5) is 13.2 Å². The fourth-order valence-electron chi connectivity index (χ4n) is 0.831. The van der Waals surface area contributed by atoms with Gasteiger partial charge in [0.05, 0.1) is 0 Å². The second-order valence-electron chi connectivity index (χ2n) is 2.60. The van der Waals surface area contributed by atoms with Gasteiger partial charge < -0.3 is 8.92 Å². The first-order chi connectivity index (χ1) is 7.16. The first kappa shape index (κ1) is 12.6. The minimum absolute atomic E-state index is 0.211. The van der Waals surface area contributed by atoms with E-state index in [2.05, 4.69) is 14.1 Å². The highest BCUT2D eigenvalue weighted by molar-refractivity contribution is 7.84. The van der Waals surface area contributed by atoms with Gasteiger partial charge in [-0.25, -0.2) is 0 Å². The van der Waals surface area contributed by atoms with Crippen LogP contribution in [0.25, 0.3) is 0 Å². The molecule has 0 atom stereocenters. The van der Waals surface area contributed by atoms with Gasteiger partial charge in [0, 0.05) is 0 Å². The van der Waals surface area contributed by atoms with Gasteiger partial charge in [-0.15, -0.1) is 13.2 Å². The number of alkyl halides is 3. The molecule has 0 spiro atoms. The zero-order valence-corrected chi connectivity index (χ0v) is 8.38. The molecule has 1 rings (SSSR count). The number of nitrogens with two attached hydrogens (primary N) is 1. The maximum Gasteiger partial charge on any atom is 0.573 e. The topological polar surface area (TPSA) is 78.6 Å². The number of halogens is 3. The van der Waals surface area contributed by atoms with Crippen LogP contribution in [0.2, 0.25) is 0 Å². The first-order valence-electron chi connectivity index (χ1n) is 3.74. The molecule has 2 N–H and O–H groups in total. The molecule has 0 aliphatic heterocycles. The van der Waals surface area contributed by atoms with Crippen LogP contribution in [0.15, 0.2) is 24.3 Å². The molecule has 0 aliphatic rings. The minimum atomic E-state index is -4.80. The third-order valence-electron chi connectivity index (χ3n) is 1.27. The number of rotatable bonds is 3. The SMILES string of the molecule is NS(=O)(=O)Oc1ccc(OC(F)(F)F)cc1. The van der Waals surface area contributed by atoms with Gasteiger partial charge in [0.25, 0.3) is 0 Å². The second-order valence-corrected chi connectivity index (χ2v) is 3.75. The second kappa shape index (κ2) is 4.18. The Balaban J connectivity index is 2.76. The molecule has 0 amide bonds. The lowest BCUT2D eigenvalue weighted by molar-refractivity contribution is -0.274. The molecule has 0 bridgehead atoms. The number of hydrogen-bond donors (Lipinski definition) is 1. The Bertz CT molecular complexity index is 454. The van der Waals surface area contributed by atoms with E-state index in [0.29, 0.717) is 0 Å². The predicted molar refractivity (Wildman–Crippen MR) is 46.9 cm³/mol. The Morgan fingerprint density at radius 2 is 1.50 bits per heavy atom. The third-order valence-corrected chi connectivity index (χ3v) is 1.69. The largest absolute Gasteiger partial charge is 0.573 e. The zero-order valence-electron chi connectivity index (χ0n) is 7.56. The summed E-state index contributed by atoms with van der Waals surface area (Å²) in [5, 5.41) is 4.55. The van der Waals surface area contributed by atoms with Crippen molar-refractivity contribution in [2.75, 3.05) is 0 Å². The van der Waals surface area contributed by atoms with Crippen molar-refractivity contribution in [2.24, 2.45) is 5.14 Å². The monoisotopic (exact) mass is 257 g/mol. The molecule has 9 heteroatoms. The van der Waals surface area contributed by atoms with Crippen LogP contribution in [-0.2, 0) is 10.3 Å². The van der Waals surface area contributed by atoms with Crippen LogP contribution in [0.1, 0.15) is 0 Å². The molecule has 1 aromatic carbocycles. The Hall–Kier alpha value is -1.48. The van der Waals surface area contributed by atoms with E-state index >= 15 is 0 Å². The average Bonchev–Trinajstić information content (AvgIpc) is 2.03. The normalized spacial score (nSPS) is 12.2. The molecular weight excluding hydrogens is 251 g/mol. The van der Waals surface area contributed by atoms with Crippen LogP contribution >= 0.6 is 0 Å². The summed E-state index contributed by atoms with van der Waals surface area (Å²) in [6, 6.07) is 3.75. The maximum absolute atomic E-state index is 11.7. The van der Waals surface area contributed by atoms with E-state index in [1.54, 1.807) is 0 Å². The Labute approximate surface area is 88.8 Å². The molecule has 16 heavy (non-hydrogen) atoms. The Kier molecular flexibility index (Phi) is 3.29. The molecule has 0 heterocycles. The van der Waals surface area contributed by atoms with E-state index in [1.165, 1.54) is 0 Å². The molecule has 0 unspecified atom stereocenters. The molecule has 0 aromatic heterocycles. The van der Waals surface area contributed by atoms with Crippen molar-refractivity contribution in [3.05, 3.63) is 24.3 Å². The summed E-state index contributed by atoms with van der Waals surface area (Å²) in [5.41, 5.74) is 0. The van der Waals surface area contributed by atoms with Gasteiger partial charge in [-0.05, 0) is 24.3 Å². The molecule has 0 saturated carbocycles. The smallest absolute Gasteiger partial charge is 0.406 e. The van der Waals surface area contributed by atoms with E-state index in [1.807, 2.05) is 0 Å². The van der Waals surface area contributed by atoms with E-state index in [-0.39, 0.29) is 5.75 Å². The van der Waals surface area contributed by atoms with Gasteiger partial charge in [-0.1, -0.05) is 0 Å². The lowest BCUT2D eigenvalue weighted by atomic mass is 10.3. The first-order valence-corrected chi connectivity index (χ1v) is 5.21. The number of benzene rings is 1. The third kappa shape index (κ3) is 4.84. The van der Waals surface area contributed by atoms with Crippen molar-refractivity contribution in [1.82, 2.24) is 0 Å². The van der Waals surface area contributed by atoms with E-state index in [0.717, 1.165) is 24.3 Å². The molecule has 0 radical (unpaired) electrons. The molecule has 0 saturated heterocycles.